The molecule has 0 saturated carbocycles. The topological polar surface area (TPSA) is 21.3 Å². The average Bonchev–Trinajstić information content (AvgIpc) is 2.88. The van der Waals surface area contributed by atoms with Gasteiger partial charge in [-0.15, -0.1) is 0 Å². The number of hydrogen-bond donors (Lipinski definition) is 1. The van der Waals surface area contributed by atoms with Crippen LogP contribution in [0.2, 0.25) is 10.0 Å². The lowest BCUT2D eigenvalue weighted by molar-refractivity contribution is 0.0867. The number of rotatable bonds is 5. The predicted octanol–water partition coefficient (Wildman–Crippen LogP) is 4.60. The average molecular weight is 320 g/mol. The van der Waals surface area contributed by atoms with E-state index in [1.165, 1.54) is 6.07 Å². The number of benzene rings is 1. The van der Waals surface area contributed by atoms with Crippen LogP contribution in [0.3, 0.4) is 0 Å². The minimum atomic E-state index is -0.435. The highest BCUT2D eigenvalue weighted by molar-refractivity contribution is 6.36. The van der Waals surface area contributed by atoms with Crippen molar-refractivity contribution in [2.45, 2.75) is 38.8 Å². The molecule has 0 aromatic heterocycles. The fourth-order valence-electron chi connectivity index (χ4n) is 2.75. The fraction of sp³-hybridized carbons (Fsp3) is 0.600. The zero-order valence-corrected chi connectivity index (χ0v) is 13.3. The van der Waals surface area contributed by atoms with Gasteiger partial charge < -0.3 is 10.1 Å². The molecule has 0 radical (unpaired) electrons. The fourth-order valence-corrected chi connectivity index (χ4v) is 3.45. The predicted molar refractivity (Wildman–Crippen MR) is 81.0 cm³/mol. The Hall–Kier alpha value is -0.350. The van der Waals surface area contributed by atoms with Gasteiger partial charge in [0.2, 0.25) is 0 Å². The van der Waals surface area contributed by atoms with E-state index in [0.29, 0.717) is 22.6 Å². The van der Waals surface area contributed by atoms with Crippen molar-refractivity contribution in [2.24, 2.45) is 5.92 Å². The number of ether oxygens (including phenoxy) is 1. The van der Waals surface area contributed by atoms with Gasteiger partial charge in [0.05, 0.1) is 11.1 Å². The maximum Gasteiger partial charge on any atom is 0.142 e. The first-order chi connectivity index (χ1) is 9.54. The van der Waals surface area contributed by atoms with Gasteiger partial charge in [0.15, 0.2) is 0 Å². The minimum absolute atomic E-state index is 0.0937. The molecule has 1 aliphatic heterocycles. The molecule has 0 spiro atoms. The summed E-state index contributed by atoms with van der Waals surface area (Å²) >= 11 is 12.2. The Kier molecular flexibility index (Phi) is 5.67. The van der Waals surface area contributed by atoms with Gasteiger partial charge in [-0.3, -0.25) is 0 Å². The number of hydrogen-bond acceptors (Lipinski definition) is 2. The van der Waals surface area contributed by atoms with Gasteiger partial charge in [-0.2, -0.15) is 0 Å². The Morgan fingerprint density at radius 2 is 2.20 bits per heavy atom. The Morgan fingerprint density at radius 3 is 2.90 bits per heavy atom. The van der Waals surface area contributed by atoms with Crippen LogP contribution in [0.15, 0.2) is 12.1 Å². The molecule has 1 aromatic carbocycles. The van der Waals surface area contributed by atoms with Gasteiger partial charge >= 0.3 is 0 Å². The standard InChI is InChI=1S/C15H20Cl2FNO/c1-3-13-10(6-7-20-13)8-19-9(2)14-11(16)4-5-12(18)15(14)17/h4-5,9-10,13,19H,3,6-8H2,1-2H3. The second-order valence-electron chi connectivity index (χ2n) is 5.25. The van der Waals surface area contributed by atoms with Crippen molar-refractivity contribution in [3.63, 3.8) is 0 Å². The van der Waals surface area contributed by atoms with Gasteiger partial charge in [0.25, 0.3) is 0 Å². The van der Waals surface area contributed by atoms with E-state index in [1.807, 2.05) is 6.92 Å². The molecular formula is C15H20Cl2FNO. The summed E-state index contributed by atoms with van der Waals surface area (Å²) in [5.74, 6) is 0.0592. The molecule has 1 heterocycles. The van der Waals surface area contributed by atoms with Crippen molar-refractivity contribution >= 4 is 23.2 Å². The van der Waals surface area contributed by atoms with Gasteiger partial charge in [-0.05, 0) is 37.8 Å². The molecule has 1 saturated heterocycles. The van der Waals surface area contributed by atoms with E-state index in [4.69, 9.17) is 27.9 Å². The van der Waals surface area contributed by atoms with Gasteiger partial charge in [-0.1, -0.05) is 30.1 Å². The molecule has 5 heteroatoms. The second kappa shape index (κ2) is 7.08. The maximum absolute atomic E-state index is 13.5. The molecule has 1 N–H and O–H groups in total. The summed E-state index contributed by atoms with van der Waals surface area (Å²) in [6.07, 6.45) is 2.39. The summed E-state index contributed by atoms with van der Waals surface area (Å²) < 4.78 is 19.2. The van der Waals surface area contributed by atoms with Crippen LogP contribution >= 0.6 is 23.2 Å². The molecule has 0 bridgehead atoms. The highest BCUT2D eigenvalue weighted by Crippen LogP contribution is 2.32. The van der Waals surface area contributed by atoms with E-state index >= 15 is 0 Å². The first-order valence-electron chi connectivity index (χ1n) is 7.03. The summed E-state index contributed by atoms with van der Waals surface area (Å²) in [5.41, 5.74) is 0.625. The Morgan fingerprint density at radius 1 is 1.45 bits per heavy atom. The van der Waals surface area contributed by atoms with Crippen LogP contribution in [-0.4, -0.2) is 19.3 Å². The van der Waals surface area contributed by atoms with Crippen LogP contribution in [0.1, 0.15) is 38.3 Å². The van der Waals surface area contributed by atoms with E-state index in [1.54, 1.807) is 6.07 Å². The largest absolute Gasteiger partial charge is 0.378 e. The summed E-state index contributed by atoms with van der Waals surface area (Å²) in [4.78, 5) is 0. The monoisotopic (exact) mass is 319 g/mol. The van der Waals surface area contributed by atoms with Gasteiger partial charge in [-0.25, -0.2) is 4.39 Å². The van der Waals surface area contributed by atoms with Crippen LogP contribution in [0.4, 0.5) is 4.39 Å². The van der Waals surface area contributed by atoms with Crippen LogP contribution < -0.4 is 5.32 Å². The molecule has 2 rings (SSSR count). The third-order valence-electron chi connectivity index (χ3n) is 3.95. The van der Waals surface area contributed by atoms with Crippen molar-refractivity contribution < 1.29 is 9.13 Å². The first-order valence-corrected chi connectivity index (χ1v) is 7.78. The summed E-state index contributed by atoms with van der Waals surface area (Å²) in [6.45, 7) is 5.72. The lowest BCUT2D eigenvalue weighted by Gasteiger charge is -2.22. The van der Waals surface area contributed by atoms with Crippen LogP contribution in [0.5, 0.6) is 0 Å². The van der Waals surface area contributed by atoms with Crippen LogP contribution in [-0.2, 0) is 4.74 Å². The van der Waals surface area contributed by atoms with Crippen molar-refractivity contribution in [3.05, 3.63) is 33.6 Å². The van der Waals surface area contributed by atoms with Gasteiger partial charge in [0, 0.05) is 29.8 Å². The molecule has 3 unspecified atom stereocenters. The SMILES string of the molecule is CCC1OCCC1CNC(C)c1c(Cl)ccc(F)c1Cl. The van der Waals surface area contributed by atoms with Gasteiger partial charge in [0.1, 0.15) is 5.82 Å². The molecule has 112 valence electrons. The Bertz CT molecular complexity index is 469. The van der Waals surface area contributed by atoms with E-state index in [2.05, 4.69) is 12.2 Å². The van der Waals surface area contributed by atoms with E-state index in [0.717, 1.165) is 26.0 Å². The minimum Gasteiger partial charge on any atom is -0.378 e. The molecule has 1 aromatic rings. The molecule has 0 aliphatic carbocycles. The van der Waals surface area contributed by atoms with Crippen molar-refractivity contribution in [1.82, 2.24) is 5.32 Å². The summed E-state index contributed by atoms with van der Waals surface area (Å²) in [6, 6.07) is 2.74. The smallest absolute Gasteiger partial charge is 0.142 e. The second-order valence-corrected chi connectivity index (χ2v) is 6.04. The first kappa shape index (κ1) is 16.0. The van der Waals surface area contributed by atoms with E-state index < -0.39 is 5.82 Å². The molecule has 0 amide bonds. The Labute approximate surface area is 129 Å². The third kappa shape index (κ3) is 3.45. The molecule has 2 nitrogen and oxygen atoms in total. The van der Waals surface area contributed by atoms with Crippen molar-refractivity contribution in [3.8, 4) is 0 Å². The van der Waals surface area contributed by atoms with Crippen LogP contribution in [0.25, 0.3) is 0 Å². The number of nitrogens with one attached hydrogen (secondary N) is 1. The number of halogens is 3. The summed E-state index contributed by atoms with van der Waals surface area (Å²) in [7, 11) is 0. The normalized spacial score (nSPS) is 24.1. The lowest BCUT2D eigenvalue weighted by Crippen LogP contribution is -2.30. The molecule has 3 atom stereocenters. The maximum atomic E-state index is 13.5. The van der Waals surface area contributed by atoms with Crippen LogP contribution in [0, 0.1) is 11.7 Å². The third-order valence-corrected chi connectivity index (χ3v) is 4.66. The molecule has 20 heavy (non-hydrogen) atoms. The highest BCUT2D eigenvalue weighted by atomic mass is 35.5. The molecule has 1 fully saturated rings. The zero-order chi connectivity index (χ0) is 14.7. The van der Waals surface area contributed by atoms with E-state index in [9.17, 15) is 4.39 Å². The zero-order valence-electron chi connectivity index (χ0n) is 11.8. The molecule has 1 aliphatic rings. The molecular weight excluding hydrogens is 300 g/mol. The quantitative estimate of drug-likeness (QED) is 0.801. The van der Waals surface area contributed by atoms with Crippen molar-refractivity contribution in [2.75, 3.05) is 13.2 Å². The highest BCUT2D eigenvalue weighted by Gasteiger charge is 2.27. The van der Waals surface area contributed by atoms with Crippen molar-refractivity contribution in [1.29, 1.82) is 0 Å². The Balaban J connectivity index is 2.02. The lowest BCUT2D eigenvalue weighted by atomic mass is 9.98. The summed E-state index contributed by atoms with van der Waals surface area (Å²) in [5, 5.41) is 3.99. The van der Waals surface area contributed by atoms with E-state index in [-0.39, 0.29) is 11.1 Å².